The third-order valence-electron chi connectivity index (χ3n) is 5.72. The highest BCUT2D eigenvalue weighted by Crippen LogP contribution is 2.26. The molecule has 7 nitrogen and oxygen atoms in total. The molecule has 0 saturated carbocycles. The van der Waals surface area contributed by atoms with Crippen LogP contribution in [-0.4, -0.2) is 52.5 Å². The molecule has 1 saturated heterocycles. The first-order chi connectivity index (χ1) is 14.1. The van der Waals surface area contributed by atoms with Gasteiger partial charge in [0.15, 0.2) is 0 Å². The molecule has 0 spiro atoms. The van der Waals surface area contributed by atoms with Gasteiger partial charge in [-0.25, -0.2) is 0 Å². The maximum Gasteiger partial charge on any atom is 0.147 e. The molecule has 0 unspecified atom stereocenters. The summed E-state index contributed by atoms with van der Waals surface area (Å²) in [5, 5.41) is 12.6. The van der Waals surface area contributed by atoms with Gasteiger partial charge in [0.2, 0.25) is 0 Å². The standard InChI is InChI=1S/C22H33N5O2/c1-16(2)29-20-7-6-17(11-19(20)15-28-3)13-26-9-10-27-21(14-26)24-25-22(27)18-5-4-8-23-12-18/h6-7,11,16,18,23H,4-5,8-10,12-15H2,1-3H3/t18-/m1/s1. The maximum absolute atomic E-state index is 5.93. The number of ether oxygens (including phenoxy) is 2. The fourth-order valence-electron chi connectivity index (χ4n) is 4.37. The van der Waals surface area contributed by atoms with Crippen LogP contribution in [0.25, 0.3) is 0 Å². The van der Waals surface area contributed by atoms with Crippen molar-refractivity contribution in [3.8, 4) is 5.75 Å². The summed E-state index contributed by atoms with van der Waals surface area (Å²) in [5.74, 6) is 3.68. The van der Waals surface area contributed by atoms with Gasteiger partial charge in [-0.15, -0.1) is 10.2 Å². The number of nitrogens with one attached hydrogen (secondary N) is 1. The number of benzene rings is 1. The van der Waals surface area contributed by atoms with E-state index in [1.807, 2.05) is 13.8 Å². The zero-order valence-electron chi connectivity index (χ0n) is 17.9. The molecular formula is C22H33N5O2. The minimum atomic E-state index is 0.151. The SMILES string of the molecule is COCc1cc(CN2CCn3c(nnc3[C@@H]3CCCNC3)C2)ccc1OC(C)C. The van der Waals surface area contributed by atoms with E-state index in [0.717, 1.165) is 56.4 Å². The lowest BCUT2D eigenvalue weighted by atomic mass is 9.99. The van der Waals surface area contributed by atoms with Crippen molar-refractivity contribution in [1.29, 1.82) is 0 Å². The fourth-order valence-corrected chi connectivity index (χ4v) is 4.37. The van der Waals surface area contributed by atoms with Gasteiger partial charge in [0.05, 0.1) is 19.3 Å². The molecule has 1 aromatic carbocycles. The Morgan fingerprint density at radius 1 is 1.24 bits per heavy atom. The Morgan fingerprint density at radius 2 is 2.14 bits per heavy atom. The summed E-state index contributed by atoms with van der Waals surface area (Å²) in [6, 6.07) is 6.44. The van der Waals surface area contributed by atoms with E-state index in [1.54, 1.807) is 7.11 Å². The molecule has 4 rings (SSSR count). The molecule has 3 heterocycles. The number of piperidine rings is 1. The van der Waals surface area contributed by atoms with Crippen LogP contribution in [0.1, 0.15) is 55.4 Å². The van der Waals surface area contributed by atoms with E-state index >= 15 is 0 Å². The Morgan fingerprint density at radius 3 is 2.90 bits per heavy atom. The minimum Gasteiger partial charge on any atom is -0.491 e. The number of nitrogens with zero attached hydrogens (tertiary/aromatic N) is 4. The average Bonchev–Trinajstić information content (AvgIpc) is 3.14. The van der Waals surface area contributed by atoms with Crippen LogP contribution in [0.15, 0.2) is 18.2 Å². The van der Waals surface area contributed by atoms with Crippen LogP contribution in [-0.2, 0) is 31.0 Å². The summed E-state index contributed by atoms with van der Waals surface area (Å²) in [7, 11) is 1.72. The Labute approximate surface area is 173 Å². The monoisotopic (exact) mass is 399 g/mol. The third kappa shape index (κ3) is 4.79. The Bertz CT molecular complexity index is 814. The molecule has 0 bridgehead atoms. The molecule has 0 amide bonds. The third-order valence-corrected chi connectivity index (χ3v) is 5.72. The van der Waals surface area contributed by atoms with E-state index in [1.165, 1.54) is 24.2 Å². The number of hydrogen-bond donors (Lipinski definition) is 1. The maximum atomic E-state index is 5.93. The zero-order valence-corrected chi connectivity index (χ0v) is 17.9. The summed E-state index contributed by atoms with van der Waals surface area (Å²) in [6.45, 7) is 10.5. The Balaban J connectivity index is 1.44. The highest BCUT2D eigenvalue weighted by Gasteiger charge is 2.26. The van der Waals surface area contributed by atoms with Gasteiger partial charge in [0, 0.05) is 44.8 Å². The van der Waals surface area contributed by atoms with Gasteiger partial charge < -0.3 is 19.4 Å². The molecule has 29 heavy (non-hydrogen) atoms. The molecule has 2 aliphatic rings. The highest BCUT2D eigenvalue weighted by atomic mass is 16.5. The van der Waals surface area contributed by atoms with E-state index in [9.17, 15) is 0 Å². The summed E-state index contributed by atoms with van der Waals surface area (Å²) < 4.78 is 13.7. The van der Waals surface area contributed by atoms with Gasteiger partial charge in [-0.1, -0.05) is 6.07 Å². The van der Waals surface area contributed by atoms with Crippen molar-refractivity contribution < 1.29 is 9.47 Å². The first-order valence-corrected chi connectivity index (χ1v) is 10.8. The number of methoxy groups -OCH3 is 1. The van der Waals surface area contributed by atoms with Crippen molar-refractivity contribution in [2.24, 2.45) is 0 Å². The van der Waals surface area contributed by atoms with Gasteiger partial charge in [0.25, 0.3) is 0 Å². The van der Waals surface area contributed by atoms with Crippen LogP contribution in [0, 0.1) is 0 Å². The topological polar surface area (TPSA) is 64.4 Å². The van der Waals surface area contributed by atoms with Crippen LogP contribution >= 0.6 is 0 Å². The van der Waals surface area contributed by atoms with Crippen molar-refractivity contribution in [3.05, 3.63) is 41.0 Å². The van der Waals surface area contributed by atoms with Crippen molar-refractivity contribution in [2.75, 3.05) is 26.7 Å². The van der Waals surface area contributed by atoms with E-state index in [0.29, 0.717) is 12.5 Å². The first kappa shape index (κ1) is 20.3. The lowest BCUT2D eigenvalue weighted by Crippen LogP contribution is -2.36. The predicted octanol–water partition coefficient (Wildman–Crippen LogP) is 2.69. The Kier molecular flexibility index (Phi) is 6.47. The molecule has 1 fully saturated rings. The van der Waals surface area contributed by atoms with E-state index in [4.69, 9.17) is 9.47 Å². The van der Waals surface area contributed by atoms with Crippen molar-refractivity contribution in [3.63, 3.8) is 0 Å². The number of aromatic nitrogens is 3. The zero-order chi connectivity index (χ0) is 20.2. The summed E-state index contributed by atoms with van der Waals surface area (Å²) in [6.07, 6.45) is 2.58. The van der Waals surface area contributed by atoms with Crippen LogP contribution in [0.4, 0.5) is 0 Å². The number of fused-ring (bicyclic) bond motifs is 1. The van der Waals surface area contributed by atoms with Crippen molar-refractivity contribution in [2.45, 2.75) is 65.0 Å². The van der Waals surface area contributed by atoms with Crippen LogP contribution in [0.3, 0.4) is 0 Å². The van der Waals surface area contributed by atoms with Crippen LogP contribution in [0.2, 0.25) is 0 Å². The van der Waals surface area contributed by atoms with E-state index in [-0.39, 0.29) is 6.10 Å². The molecule has 7 heteroatoms. The first-order valence-electron chi connectivity index (χ1n) is 10.8. The summed E-state index contributed by atoms with van der Waals surface area (Å²) in [4.78, 5) is 2.45. The predicted molar refractivity (Wildman–Crippen MR) is 112 cm³/mol. The highest BCUT2D eigenvalue weighted by molar-refractivity contribution is 5.37. The molecule has 0 aliphatic carbocycles. The average molecular weight is 400 g/mol. The quantitative estimate of drug-likeness (QED) is 0.772. The molecule has 1 atom stereocenters. The fraction of sp³-hybridized carbons (Fsp3) is 0.636. The molecule has 158 valence electrons. The summed E-state index contributed by atoms with van der Waals surface area (Å²) in [5.41, 5.74) is 2.38. The van der Waals surface area contributed by atoms with Gasteiger partial charge in [-0.05, 0) is 50.9 Å². The lowest BCUT2D eigenvalue weighted by molar-refractivity contribution is 0.174. The van der Waals surface area contributed by atoms with Gasteiger partial charge in [-0.3, -0.25) is 4.90 Å². The van der Waals surface area contributed by atoms with Crippen LogP contribution in [0.5, 0.6) is 5.75 Å². The minimum absolute atomic E-state index is 0.151. The number of rotatable bonds is 7. The second kappa shape index (κ2) is 9.24. The summed E-state index contributed by atoms with van der Waals surface area (Å²) >= 11 is 0. The normalized spacial score (nSPS) is 20.1. The van der Waals surface area contributed by atoms with Crippen molar-refractivity contribution >= 4 is 0 Å². The van der Waals surface area contributed by atoms with Gasteiger partial charge in [0.1, 0.15) is 17.4 Å². The van der Waals surface area contributed by atoms with Gasteiger partial charge >= 0.3 is 0 Å². The van der Waals surface area contributed by atoms with Crippen molar-refractivity contribution in [1.82, 2.24) is 25.0 Å². The molecular weight excluding hydrogens is 366 g/mol. The van der Waals surface area contributed by atoms with E-state index in [2.05, 4.69) is 43.2 Å². The second-order valence-corrected chi connectivity index (χ2v) is 8.42. The molecule has 2 aromatic rings. The molecule has 1 N–H and O–H groups in total. The van der Waals surface area contributed by atoms with E-state index < -0.39 is 0 Å². The number of hydrogen-bond acceptors (Lipinski definition) is 6. The van der Waals surface area contributed by atoms with Crippen LogP contribution < -0.4 is 10.1 Å². The van der Waals surface area contributed by atoms with Gasteiger partial charge in [-0.2, -0.15) is 0 Å². The molecule has 0 radical (unpaired) electrons. The molecule has 2 aliphatic heterocycles. The largest absolute Gasteiger partial charge is 0.491 e. The second-order valence-electron chi connectivity index (χ2n) is 8.42. The Hall–Kier alpha value is -1.96. The smallest absolute Gasteiger partial charge is 0.147 e. The lowest BCUT2D eigenvalue weighted by Gasteiger charge is -2.30. The molecule has 1 aromatic heterocycles.